The van der Waals surface area contributed by atoms with Crippen LogP contribution in [0.25, 0.3) is 0 Å². The summed E-state index contributed by atoms with van der Waals surface area (Å²) >= 11 is 6.07. The summed E-state index contributed by atoms with van der Waals surface area (Å²) in [5, 5.41) is 4.35. The average molecular weight is 333 g/mol. The van der Waals surface area contributed by atoms with Gasteiger partial charge in [0.2, 0.25) is 6.79 Å². The van der Waals surface area contributed by atoms with Crippen molar-refractivity contribution in [1.82, 2.24) is 5.43 Å². The Bertz CT molecular complexity index is 759. The molecule has 7 heteroatoms. The van der Waals surface area contributed by atoms with Gasteiger partial charge in [0.15, 0.2) is 11.5 Å². The third-order valence-corrected chi connectivity index (χ3v) is 3.46. The molecule has 0 saturated carbocycles. The van der Waals surface area contributed by atoms with Crippen molar-refractivity contribution in [2.75, 3.05) is 13.9 Å². The first-order chi connectivity index (χ1) is 11.2. The number of amides is 1. The van der Waals surface area contributed by atoms with Crippen LogP contribution in [0, 0.1) is 0 Å². The standard InChI is InChI=1S/C16H13ClN2O4/c1-21-12-4-2-11(3-5-12)16(20)19-18-8-10-6-13(17)15-14(7-10)22-9-23-15/h2-8H,9H2,1H3,(H,19,20)/b18-8-. The number of carbonyl (C=O) groups excluding carboxylic acids is 1. The predicted octanol–water partition coefficient (Wildman–Crippen LogP) is 2.84. The first-order valence-corrected chi connectivity index (χ1v) is 7.12. The topological polar surface area (TPSA) is 69.2 Å². The Hall–Kier alpha value is -2.73. The van der Waals surface area contributed by atoms with Crippen molar-refractivity contribution in [3.05, 3.63) is 52.5 Å². The fraction of sp³-hybridized carbons (Fsp3) is 0.125. The minimum Gasteiger partial charge on any atom is -0.497 e. The van der Waals surface area contributed by atoms with Gasteiger partial charge in [0.25, 0.3) is 5.91 Å². The third kappa shape index (κ3) is 3.37. The maximum atomic E-state index is 12.0. The highest BCUT2D eigenvalue weighted by atomic mass is 35.5. The molecule has 0 aliphatic carbocycles. The number of carbonyl (C=O) groups is 1. The minimum atomic E-state index is -0.323. The SMILES string of the molecule is COc1ccc(C(=O)N/N=C\c2cc(Cl)c3c(c2)OCO3)cc1. The second kappa shape index (κ2) is 6.58. The fourth-order valence-corrected chi connectivity index (χ4v) is 2.31. The molecule has 1 amide bonds. The molecule has 0 atom stereocenters. The molecule has 1 heterocycles. The van der Waals surface area contributed by atoms with Crippen molar-refractivity contribution in [3.8, 4) is 17.2 Å². The van der Waals surface area contributed by atoms with Crippen molar-refractivity contribution in [3.63, 3.8) is 0 Å². The van der Waals surface area contributed by atoms with Crippen LogP contribution in [0.2, 0.25) is 5.02 Å². The number of hydrogen-bond donors (Lipinski definition) is 1. The van der Waals surface area contributed by atoms with E-state index in [2.05, 4.69) is 10.5 Å². The Morgan fingerprint density at radius 3 is 2.83 bits per heavy atom. The fourth-order valence-electron chi connectivity index (χ4n) is 2.03. The zero-order valence-corrected chi connectivity index (χ0v) is 13.0. The van der Waals surface area contributed by atoms with Crippen LogP contribution in [0.1, 0.15) is 15.9 Å². The van der Waals surface area contributed by atoms with Crippen LogP contribution in [0.5, 0.6) is 17.2 Å². The molecule has 118 valence electrons. The quantitative estimate of drug-likeness (QED) is 0.690. The van der Waals surface area contributed by atoms with Gasteiger partial charge in [-0.15, -0.1) is 0 Å². The maximum Gasteiger partial charge on any atom is 0.271 e. The number of hydrazone groups is 1. The van der Waals surface area contributed by atoms with E-state index < -0.39 is 0 Å². The molecule has 0 unspecified atom stereocenters. The Morgan fingerprint density at radius 2 is 2.09 bits per heavy atom. The van der Waals surface area contributed by atoms with Gasteiger partial charge in [-0.3, -0.25) is 4.79 Å². The average Bonchev–Trinajstić information content (AvgIpc) is 3.04. The molecule has 2 aromatic rings. The number of halogens is 1. The van der Waals surface area contributed by atoms with Crippen molar-refractivity contribution in [2.24, 2.45) is 5.10 Å². The van der Waals surface area contributed by atoms with E-state index in [1.807, 2.05) is 0 Å². The lowest BCUT2D eigenvalue weighted by molar-refractivity contribution is 0.0955. The monoisotopic (exact) mass is 332 g/mol. The zero-order valence-electron chi connectivity index (χ0n) is 12.2. The number of fused-ring (bicyclic) bond motifs is 1. The number of benzene rings is 2. The largest absolute Gasteiger partial charge is 0.497 e. The van der Waals surface area contributed by atoms with E-state index in [0.717, 1.165) is 0 Å². The Labute approximate surface area is 137 Å². The van der Waals surface area contributed by atoms with Crippen molar-refractivity contribution in [2.45, 2.75) is 0 Å². The Kier molecular flexibility index (Phi) is 4.34. The summed E-state index contributed by atoms with van der Waals surface area (Å²) in [5.74, 6) is 1.43. The van der Waals surface area contributed by atoms with Crippen molar-refractivity contribution in [1.29, 1.82) is 0 Å². The molecule has 6 nitrogen and oxygen atoms in total. The molecule has 2 aromatic carbocycles. The zero-order chi connectivity index (χ0) is 16.2. The number of methoxy groups -OCH3 is 1. The van der Waals surface area contributed by atoms with Crippen LogP contribution in [0.4, 0.5) is 0 Å². The highest BCUT2D eigenvalue weighted by molar-refractivity contribution is 6.32. The lowest BCUT2D eigenvalue weighted by Gasteiger charge is -2.03. The molecule has 0 aromatic heterocycles. The number of nitrogens with zero attached hydrogens (tertiary/aromatic N) is 1. The molecule has 0 fully saturated rings. The van der Waals surface area contributed by atoms with Crippen molar-refractivity contribution < 1.29 is 19.0 Å². The van der Waals surface area contributed by atoms with E-state index in [4.69, 9.17) is 25.8 Å². The smallest absolute Gasteiger partial charge is 0.271 e. The number of hydrogen-bond acceptors (Lipinski definition) is 5. The molecular formula is C16H13ClN2O4. The lowest BCUT2D eigenvalue weighted by atomic mass is 10.2. The normalized spacial score (nSPS) is 12.4. The highest BCUT2D eigenvalue weighted by Crippen LogP contribution is 2.39. The van der Waals surface area contributed by atoms with Gasteiger partial charge in [-0.05, 0) is 42.0 Å². The van der Waals surface area contributed by atoms with Gasteiger partial charge >= 0.3 is 0 Å². The van der Waals surface area contributed by atoms with Gasteiger partial charge in [0.05, 0.1) is 18.3 Å². The van der Waals surface area contributed by atoms with Gasteiger partial charge in [-0.25, -0.2) is 5.43 Å². The third-order valence-electron chi connectivity index (χ3n) is 3.18. The summed E-state index contributed by atoms with van der Waals surface area (Å²) in [4.78, 5) is 12.0. The van der Waals surface area contributed by atoms with E-state index in [1.54, 1.807) is 43.5 Å². The van der Waals surface area contributed by atoms with E-state index in [0.29, 0.717) is 33.4 Å². The molecule has 0 spiro atoms. The molecule has 1 aliphatic rings. The van der Waals surface area contributed by atoms with Crippen LogP contribution in [0.3, 0.4) is 0 Å². The molecule has 3 rings (SSSR count). The number of rotatable bonds is 4. The van der Waals surface area contributed by atoms with Crippen LogP contribution in [-0.4, -0.2) is 26.0 Å². The second-order valence-electron chi connectivity index (χ2n) is 4.66. The van der Waals surface area contributed by atoms with Gasteiger partial charge in [0, 0.05) is 5.56 Å². The van der Waals surface area contributed by atoms with Crippen LogP contribution in [0.15, 0.2) is 41.5 Å². The molecular weight excluding hydrogens is 320 g/mol. The molecule has 0 radical (unpaired) electrons. The Morgan fingerprint density at radius 1 is 1.30 bits per heavy atom. The van der Waals surface area contributed by atoms with Crippen molar-refractivity contribution >= 4 is 23.7 Å². The second-order valence-corrected chi connectivity index (χ2v) is 5.07. The number of nitrogens with one attached hydrogen (secondary N) is 1. The minimum absolute atomic E-state index is 0.143. The van der Waals surface area contributed by atoms with E-state index in [9.17, 15) is 4.79 Å². The summed E-state index contributed by atoms with van der Waals surface area (Å²) in [7, 11) is 1.57. The molecule has 1 N–H and O–H groups in total. The molecule has 0 bridgehead atoms. The van der Waals surface area contributed by atoms with Gasteiger partial charge in [-0.1, -0.05) is 11.6 Å². The molecule has 23 heavy (non-hydrogen) atoms. The Balaban J connectivity index is 1.66. The summed E-state index contributed by atoms with van der Waals surface area (Å²) < 4.78 is 15.5. The van der Waals surface area contributed by atoms with Crippen LogP contribution >= 0.6 is 11.6 Å². The van der Waals surface area contributed by atoms with Crippen LogP contribution < -0.4 is 19.6 Å². The van der Waals surface area contributed by atoms with Crippen LogP contribution in [-0.2, 0) is 0 Å². The summed E-state index contributed by atoms with van der Waals surface area (Å²) in [6.07, 6.45) is 1.48. The summed E-state index contributed by atoms with van der Waals surface area (Å²) in [6, 6.07) is 10.1. The maximum absolute atomic E-state index is 12.0. The van der Waals surface area contributed by atoms with E-state index in [1.165, 1.54) is 6.21 Å². The molecule has 1 aliphatic heterocycles. The first-order valence-electron chi connectivity index (χ1n) is 6.74. The summed E-state index contributed by atoms with van der Waals surface area (Å²) in [5.41, 5.74) is 3.61. The van der Waals surface area contributed by atoms with E-state index in [-0.39, 0.29) is 12.7 Å². The van der Waals surface area contributed by atoms with Gasteiger partial charge in [0.1, 0.15) is 5.75 Å². The van der Waals surface area contributed by atoms with E-state index >= 15 is 0 Å². The highest BCUT2D eigenvalue weighted by Gasteiger charge is 2.17. The number of ether oxygens (including phenoxy) is 3. The van der Waals surface area contributed by atoms with Gasteiger partial charge in [-0.2, -0.15) is 5.10 Å². The van der Waals surface area contributed by atoms with Gasteiger partial charge < -0.3 is 14.2 Å². The predicted molar refractivity (Wildman–Crippen MR) is 85.6 cm³/mol. The first kappa shape index (κ1) is 15.2. The molecule has 0 saturated heterocycles. The summed E-state index contributed by atoms with van der Waals surface area (Å²) in [6.45, 7) is 0.143. The lowest BCUT2D eigenvalue weighted by Crippen LogP contribution is -2.17.